The largest absolute Gasteiger partial charge is 0.493 e. The molecule has 0 saturated heterocycles. The second-order valence-corrected chi connectivity index (χ2v) is 7.23. The Bertz CT molecular complexity index is 926. The number of para-hydroxylation sites is 1. The van der Waals surface area contributed by atoms with Crippen molar-refractivity contribution in [1.82, 2.24) is 4.57 Å². The molecule has 122 valence electrons. The lowest BCUT2D eigenvalue weighted by Crippen LogP contribution is -2.06. The summed E-state index contributed by atoms with van der Waals surface area (Å²) in [4.78, 5) is 5.16. The molecule has 3 aromatic rings. The molecule has 0 bridgehead atoms. The normalized spacial score (nSPS) is 12.6. The standard InChI is InChI=1S/C19H18N2OS2/c1-13-8-6-7-11-16(13)20-12-17-18(22)21(19(23)24-17)14(2)15-9-4-3-5-10-15/h3-12,14,22H,1-2H3/t14-/m0/s1. The first kappa shape index (κ1) is 16.6. The predicted octanol–water partition coefficient (Wildman–Crippen LogP) is 5.65. The molecule has 3 rings (SSSR count). The molecular formula is C19H18N2OS2. The molecule has 1 heterocycles. The number of rotatable bonds is 4. The number of hydrogen-bond acceptors (Lipinski definition) is 4. The average molecular weight is 355 g/mol. The Labute approximate surface area is 150 Å². The van der Waals surface area contributed by atoms with Gasteiger partial charge in [0.05, 0.1) is 17.9 Å². The van der Waals surface area contributed by atoms with E-state index in [9.17, 15) is 5.11 Å². The van der Waals surface area contributed by atoms with E-state index in [0.29, 0.717) is 8.83 Å². The maximum atomic E-state index is 10.6. The van der Waals surface area contributed by atoms with E-state index in [2.05, 4.69) is 4.99 Å². The molecule has 24 heavy (non-hydrogen) atoms. The van der Waals surface area contributed by atoms with Gasteiger partial charge in [-0.05, 0) is 43.3 Å². The molecule has 0 fully saturated rings. The van der Waals surface area contributed by atoms with Crippen LogP contribution in [0.3, 0.4) is 0 Å². The van der Waals surface area contributed by atoms with Crippen LogP contribution in [-0.2, 0) is 0 Å². The molecule has 0 saturated carbocycles. The van der Waals surface area contributed by atoms with Crippen LogP contribution in [0.2, 0.25) is 0 Å². The second-order valence-electron chi connectivity index (χ2n) is 5.56. The summed E-state index contributed by atoms with van der Waals surface area (Å²) in [6, 6.07) is 17.9. The van der Waals surface area contributed by atoms with Crippen molar-refractivity contribution in [3.05, 3.63) is 74.6 Å². The van der Waals surface area contributed by atoms with Gasteiger partial charge in [0.25, 0.3) is 0 Å². The van der Waals surface area contributed by atoms with Crippen LogP contribution in [-0.4, -0.2) is 15.9 Å². The van der Waals surface area contributed by atoms with Gasteiger partial charge in [-0.2, -0.15) is 0 Å². The summed E-state index contributed by atoms with van der Waals surface area (Å²) in [5.41, 5.74) is 3.08. The second kappa shape index (κ2) is 7.11. The molecule has 5 heteroatoms. The molecule has 3 nitrogen and oxygen atoms in total. The Morgan fingerprint density at radius 1 is 1.12 bits per heavy atom. The molecule has 0 aliphatic carbocycles. The first-order chi connectivity index (χ1) is 11.6. The van der Waals surface area contributed by atoms with Gasteiger partial charge in [0.1, 0.15) is 4.88 Å². The maximum absolute atomic E-state index is 10.6. The van der Waals surface area contributed by atoms with Crippen molar-refractivity contribution in [2.45, 2.75) is 19.9 Å². The summed E-state index contributed by atoms with van der Waals surface area (Å²) in [6.07, 6.45) is 1.69. The van der Waals surface area contributed by atoms with Crippen LogP contribution in [0.4, 0.5) is 5.69 Å². The Hall–Kier alpha value is -2.24. The van der Waals surface area contributed by atoms with E-state index in [1.54, 1.807) is 10.8 Å². The Morgan fingerprint density at radius 2 is 1.79 bits per heavy atom. The minimum absolute atomic E-state index is 0.0319. The van der Waals surface area contributed by atoms with E-state index >= 15 is 0 Å². The van der Waals surface area contributed by atoms with Crippen molar-refractivity contribution in [2.24, 2.45) is 4.99 Å². The number of aliphatic imine (C=N–C) groups is 1. The third-order valence-corrected chi connectivity index (χ3v) is 5.27. The fourth-order valence-corrected chi connectivity index (χ4v) is 3.88. The molecule has 0 unspecified atom stereocenters. The first-order valence-corrected chi connectivity index (χ1v) is 8.89. The van der Waals surface area contributed by atoms with E-state index in [0.717, 1.165) is 16.8 Å². The molecule has 1 atom stereocenters. The van der Waals surface area contributed by atoms with E-state index in [1.807, 2.05) is 68.4 Å². The van der Waals surface area contributed by atoms with Gasteiger partial charge in [-0.15, -0.1) is 0 Å². The summed E-state index contributed by atoms with van der Waals surface area (Å²) < 4.78 is 2.41. The highest BCUT2D eigenvalue weighted by atomic mass is 32.1. The van der Waals surface area contributed by atoms with E-state index < -0.39 is 0 Å². The summed E-state index contributed by atoms with van der Waals surface area (Å²) in [6.45, 7) is 4.04. The van der Waals surface area contributed by atoms with Crippen molar-refractivity contribution in [3.8, 4) is 5.88 Å². The van der Waals surface area contributed by atoms with Gasteiger partial charge in [-0.25, -0.2) is 0 Å². The number of benzene rings is 2. The SMILES string of the molecule is Cc1ccccc1N=Cc1sc(=S)n([C@@H](C)c2ccccc2)c1O. The molecule has 0 spiro atoms. The van der Waals surface area contributed by atoms with Crippen LogP contribution in [0.25, 0.3) is 0 Å². The number of aromatic nitrogens is 1. The van der Waals surface area contributed by atoms with E-state index in [1.165, 1.54) is 11.3 Å². The van der Waals surface area contributed by atoms with Crippen molar-refractivity contribution in [1.29, 1.82) is 0 Å². The smallest absolute Gasteiger partial charge is 0.212 e. The van der Waals surface area contributed by atoms with Gasteiger partial charge in [0.2, 0.25) is 5.88 Å². The topological polar surface area (TPSA) is 37.5 Å². The summed E-state index contributed by atoms with van der Waals surface area (Å²) in [5, 5.41) is 10.6. The fraction of sp³-hybridized carbons (Fsp3) is 0.158. The molecule has 0 amide bonds. The van der Waals surface area contributed by atoms with Crippen LogP contribution in [0, 0.1) is 10.9 Å². The molecular weight excluding hydrogens is 336 g/mol. The third-order valence-electron chi connectivity index (χ3n) is 3.95. The van der Waals surface area contributed by atoms with Gasteiger partial charge in [0, 0.05) is 0 Å². The zero-order valence-electron chi connectivity index (χ0n) is 13.5. The Balaban J connectivity index is 1.96. The zero-order valence-corrected chi connectivity index (χ0v) is 15.1. The van der Waals surface area contributed by atoms with Crippen LogP contribution < -0.4 is 0 Å². The van der Waals surface area contributed by atoms with Crippen LogP contribution in [0.15, 0.2) is 59.6 Å². The van der Waals surface area contributed by atoms with Crippen molar-refractivity contribution >= 4 is 35.5 Å². The number of thiazole rings is 1. The molecule has 1 N–H and O–H groups in total. The van der Waals surface area contributed by atoms with Crippen molar-refractivity contribution in [3.63, 3.8) is 0 Å². The van der Waals surface area contributed by atoms with Gasteiger partial charge in [0.15, 0.2) is 3.95 Å². The number of hydrogen-bond donors (Lipinski definition) is 1. The highest BCUT2D eigenvalue weighted by molar-refractivity contribution is 7.73. The fourth-order valence-electron chi connectivity index (χ4n) is 2.54. The molecule has 0 radical (unpaired) electrons. The van der Waals surface area contributed by atoms with Crippen molar-refractivity contribution in [2.75, 3.05) is 0 Å². The van der Waals surface area contributed by atoms with Crippen LogP contribution in [0.1, 0.15) is 29.0 Å². The van der Waals surface area contributed by atoms with Gasteiger partial charge in [-0.3, -0.25) is 9.56 Å². The minimum atomic E-state index is -0.0319. The van der Waals surface area contributed by atoms with Crippen LogP contribution >= 0.6 is 23.6 Å². The van der Waals surface area contributed by atoms with Crippen LogP contribution in [0.5, 0.6) is 5.88 Å². The van der Waals surface area contributed by atoms with Crippen molar-refractivity contribution < 1.29 is 5.11 Å². The molecule has 2 aromatic carbocycles. The number of nitrogens with zero attached hydrogens (tertiary/aromatic N) is 2. The lowest BCUT2D eigenvalue weighted by atomic mass is 10.1. The molecule has 0 aliphatic rings. The monoisotopic (exact) mass is 354 g/mol. The number of aryl methyl sites for hydroxylation is 1. The van der Waals surface area contributed by atoms with Gasteiger partial charge < -0.3 is 5.11 Å². The quantitative estimate of drug-likeness (QED) is 0.485. The highest BCUT2D eigenvalue weighted by Crippen LogP contribution is 2.31. The summed E-state index contributed by atoms with van der Waals surface area (Å²) in [5.74, 6) is 0.165. The molecule has 0 aliphatic heterocycles. The predicted molar refractivity (Wildman–Crippen MR) is 103 cm³/mol. The Kier molecular flexibility index (Phi) is 4.92. The van der Waals surface area contributed by atoms with Gasteiger partial charge in [-0.1, -0.05) is 59.9 Å². The lowest BCUT2D eigenvalue weighted by Gasteiger charge is -2.14. The lowest BCUT2D eigenvalue weighted by molar-refractivity contribution is 0.405. The zero-order chi connectivity index (χ0) is 17.1. The molecule has 1 aromatic heterocycles. The summed E-state index contributed by atoms with van der Waals surface area (Å²) in [7, 11) is 0. The third kappa shape index (κ3) is 3.32. The summed E-state index contributed by atoms with van der Waals surface area (Å²) >= 11 is 6.82. The van der Waals surface area contributed by atoms with E-state index in [4.69, 9.17) is 12.2 Å². The average Bonchev–Trinajstić information content (AvgIpc) is 2.88. The number of aromatic hydroxyl groups is 1. The highest BCUT2D eigenvalue weighted by Gasteiger charge is 2.16. The van der Waals surface area contributed by atoms with Gasteiger partial charge >= 0.3 is 0 Å². The first-order valence-electron chi connectivity index (χ1n) is 7.67. The minimum Gasteiger partial charge on any atom is -0.493 e. The Morgan fingerprint density at radius 3 is 2.50 bits per heavy atom. The van der Waals surface area contributed by atoms with E-state index in [-0.39, 0.29) is 11.9 Å². The maximum Gasteiger partial charge on any atom is 0.212 e.